The van der Waals surface area contributed by atoms with Crippen LogP contribution in [0.25, 0.3) is 0 Å². The van der Waals surface area contributed by atoms with E-state index in [2.05, 4.69) is 22.3 Å². The second-order valence-electron chi connectivity index (χ2n) is 7.22. The fourth-order valence-electron chi connectivity index (χ4n) is 3.88. The molecule has 0 radical (unpaired) electrons. The van der Waals surface area contributed by atoms with Gasteiger partial charge in [-0.3, -0.25) is 9.69 Å². The summed E-state index contributed by atoms with van der Waals surface area (Å²) in [7, 11) is 0. The van der Waals surface area contributed by atoms with E-state index in [4.69, 9.17) is 4.74 Å². The molecule has 0 aromatic heterocycles. The van der Waals surface area contributed by atoms with Crippen molar-refractivity contribution in [3.63, 3.8) is 0 Å². The molecule has 0 saturated carbocycles. The lowest BCUT2D eigenvalue weighted by atomic mass is 9.90. The summed E-state index contributed by atoms with van der Waals surface area (Å²) in [6.07, 6.45) is 0. The van der Waals surface area contributed by atoms with Crippen LogP contribution in [-0.2, 0) is 4.74 Å². The molecule has 0 spiro atoms. The molecule has 1 aliphatic heterocycles. The summed E-state index contributed by atoms with van der Waals surface area (Å²) in [6.45, 7) is 2.77. The maximum atomic E-state index is 13.7. The van der Waals surface area contributed by atoms with Gasteiger partial charge in [0.25, 0.3) is 0 Å². The van der Waals surface area contributed by atoms with E-state index in [0.717, 1.165) is 29.9 Å². The van der Waals surface area contributed by atoms with E-state index >= 15 is 0 Å². The van der Waals surface area contributed by atoms with Crippen LogP contribution in [0.4, 0.5) is 5.69 Å². The van der Waals surface area contributed by atoms with Gasteiger partial charge in [-0.05, 0) is 17.7 Å². The highest BCUT2D eigenvalue weighted by molar-refractivity contribution is 6.01. The van der Waals surface area contributed by atoms with Gasteiger partial charge >= 0.3 is 0 Å². The number of ketones is 1. The first kappa shape index (κ1) is 19.4. The number of ether oxygens (including phenoxy) is 1. The van der Waals surface area contributed by atoms with Crippen molar-refractivity contribution >= 4 is 11.5 Å². The third kappa shape index (κ3) is 4.73. The topological polar surface area (TPSA) is 41.6 Å². The zero-order valence-electron chi connectivity index (χ0n) is 16.4. The van der Waals surface area contributed by atoms with Gasteiger partial charge in [-0.15, -0.1) is 0 Å². The predicted octanol–water partition coefficient (Wildman–Crippen LogP) is 4.42. The third-order valence-corrected chi connectivity index (χ3v) is 5.34. The summed E-state index contributed by atoms with van der Waals surface area (Å²) in [5.74, 6) is 0.129. The van der Waals surface area contributed by atoms with Crippen molar-refractivity contribution in [2.75, 3.05) is 31.6 Å². The molecule has 1 fully saturated rings. The van der Waals surface area contributed by atoms with E-state index in [1.807, 2.05) is 78.9 Å². The molecular formula is C25H26N2O2. The predicted molar refractivity (Wildman–Crippen MR) is 116 cm³/mol. The first-order chi connectivity index (χ1) is 14.3. The van der Waals surface area contributed by atoms with E-state index in [1.165, 1.54) is 0 Å². The highest BCUT2D eigenvalue weighted by atomic mass is 16.5. The van der Waals surface area contributed by atoms with Crippen molar-refractivity contribution in [3.8, 4) is 0 Å². The van der Waals surface area contributed by atoms with Gasteiger partial charge in [0, 0.05) is 24.3 Å². The molecule has 0 aliphatic carbocycles. The average Bonchev–Trinajstić information content (AvgIpc) is 2.81. The minimum absolute atomic E-state index is 0.129. The number of anilines is 1. The second kappa shape index (κ2) is 9.50. The fraction of sp³-hybridized carbons (Fsp3) is 0.240. The van der Waals surface area contributed by atoms with Crippen molar-refractivity contribution in [3.05, 3.63) is 102 Å². The van der Waals surface area contributed by atoms with Crippen LogP contribution in [0.2, 0.25) is 0 Å². The first-order valence-electron chi connectivity index (χ1n) is 10.1. The number of carbonyl (C=O) groups is 1. The van der Waals surface area contributed by atoms with Crippen LogP contribution >= 0.6 is 0 Å². The fourth-order valence-corrected chi connectivity index (χ4v) is 3.88. The Balaban J connectivity index is 1.75. The van der Waals surface area contributed by atoms with Gasteiger partial charge in [0.2, 0.25) is 0 Å². The molecule has 4 heteroatoms. The van der Waals surface area contributed by atoms with Crippen LogP contribution in [-0.4, -0.2) is 43.0 Å². The molecule has 1 heterocycles. The van der Waals surface area contributed by atoms with E-state index in [1.54, 1.807) is 0 Å². The van der Waals surface area contributed by atoms with Gasteiger partial charge in [-0.2, -0.15) is 0 Å². The Bertz CT molecular complexity index is 894. The van der Waals surface area contributed by atoms with Gasteiger partial charge in [-0.25, -0.2) is 0 Å². The maximum absolute atomic E-state index is 13.7. The molecule has 3 aromatic carbocycles. The van der Waals surface area contributed by atoms with Crippen LogP contribution in [0.1, 0.15) is 22.0 Å². The van der Waals surface area contributed by atoms with Crippen molar-refractivity contribution in [1.82, 2.24) is 4.90 Å². The molecule has 2 atom stereocenters. The Morgan fingerprint density at radius 1 is 0.793 bits per heavy atom. The van der Waals surface area contributed by atoms with Gasteiger partial charge in [0.05, 0.1) is 25.3 Å². The van der Waals surface area contributed by atoms with Crippen LogP contribution in [0.5, 0.6) is 0 Å². The lowest BCUT2D eigenvalue weighted by Gasteiger charge is -2.39. The standard InChI is InChI=1S/C25H26N2O2/c28-25(21-12-6-2-7-13-21)24(27-16-18-29-19-17-27)23(20-10-4-1-5-11-20)26-22-14-8-3-9-15-22/h1-15,23-24,26H,16-19H2/t23-,24-/m0/s1. The summed E-state index contributed by atoms with van der Waals surface area (Å²) >= 11 is 0. The van der Waals surface area contributed by atoms with E-state index in [-0.39, 0.29) is 17.9 Å². The first-order valence-corrected chi connectivity index (χ1v) is 10.1. The third-order valence-electron chi connectivity index (χ3n) is 5.34. The Kier molecular flexibility index (Phi) is 6.35. The summed E-state index contributed by atoms with van der Waals surface area (Å²) in [5, 5.41) is 3.64. The van der Waals surface area contributed by atoms with E-state index in [0.29, 0.717) is 13.2 Å². The number of para-hydroxylation sites is 1. The largest absolute Gasteiger partial charge is 0.379 e. The molecule has 0 amide bonds. The van der Waals surface area contributed by atoms with Crippen molar-refractivity contribution in [2.45, 2.75) is 12.1 Å². The molecule has 4 rings (SSSR count). The minimum Gasteiger partial charge on any atom is -0.379 e. The Hall–Kier alpha value is -2.95. The molecule has 3 aromatic rings. The smallest absolute Gasteiger partial charge is 0.182 e. The Morgan fingerprint density at radius 3 is 1.97 bits per heavy atom. The van der Waals surface area contributed by atoms with E-state index < -0.39 is 0 Å². The monoisotopic (exact) mass is 386 g/mol. The number of carbonyl (C=O) groups excluding carboxylic acids is 1. The zero-order chi connectivity index (χ0) is 19.9. The summed E-state index contributed by atoms with van der Waals surface area (Å²) in [6, 6.07) is 29.4. The number of Topliss-reactive ketones (excluding diaryl/α,β-unsaturated/α-hetero) is 1. The van der Waals surface area contributed by atoms with Crippen LogP contribution in [0.15, 0.2) is 91.0 Å². The minimum atomic E-state index is -0.330. The lowest BCUT2D eigenvalue weighted by molar-refractivity contribution is 0.0140. The van der Waals surface area contributed by atoms with Gasteiger partial charge in [-0.1, -0.05) is 78.9 Å². The van der Waals surface area contributed by atoms with E-state index in [9.17, 15) is 4.79 Å². The molecule has 1 N–H and O–H groups in total. The number of nitrogens with zero attached hydrogens (tertiary/aromatic N) is 1. The van der Waals surface area contributed by atoms with Gasteiger partial charge in [0.15, 0.2) is 5.78 Å². The molecular weight excluding hydrogens is 360 g/mol. The normalized spacial score (nSPS) is 16.7. The Labute approximate surface area is 172 Å². The van der Waals surface area contributed by atoms with Gasteiger partial charge < -0.3 is 10.1 Å². The number of hydrogen-bond donors (Lipinski definition) is 1. The molecule has 0 unspecified atom stereocenters. The van der Waals surface area contributed by atoms with Gasteiger partial charge in [0.1, 0.15) is 0 Å². The number of rotatable bonds is 7. The molecule has 0 bridgehead atoms. The quantitative estimate of drug-likeness (QED) is 0.610. The lowest BCUT2D eigenvalue weighted by Crippen LogP contribution is -2.52. The summed E-state index contributed by atoms with van der Waals surface area (Å²) in [5.41, 5.74) is 2.83. The van der Waals surface area contributed by atoms with Crippen LogP contribution < -0.4 is 5.32 Å². The molecule has 1 aliphatic rings. The van der Waals surface area contributed by atoms with Crippen LogP contribution in [0, 0.1) is 0 Å². The molecule has 29 heavy (non-hydrogen) atoms. The maximum Gasteiger partial charge on any atom is 0.182 e. The molecule has 4 nitrogen and oxygen atoms in total. The summed E-state index contributed by atoms with van der Waals surface area (Å²) in [4.78, 5) is 16.0. The zero-order valence-corrected chi connectivity index (χ0v) is 16.4. The Morgan fingerprint density at radius 2 is 1.34 bits per heavy atom. The molecule has 148 valence electrons. The van der Waals surface area contributed by atoms with Crippen molar-refractivity contribution in [2.24, 2.45) is 0 Å². The molecule has 1 saturated heterocycles. The summed E-state index contributed by atoms with van der Waals surface area (Å²) < 4.78 is 5.57. The SMILES string of the molecule is O=C(c1ccccc1)[C@H]([C@@H](Nc1ccccc1)c1ccccc1)N1CCOCC1. The second-order valence-corrected chi connectivity index (χ2v) is 7.22. The average molecular weight is 386 g/mol. The van der Waals surface area contributed by atoms with Crippen LogP contribution in [0.3, 0.4) is 0 Å². The highest BCUT2D eigenvalue weighted by Gasteiger charge is 2.36. The number of morpholine rings is 1. The van der Waals surface area contributed by atoms with Crippen molar-refractivity contribution < 1.29 is 9.53 Å². The number of benzene rings is 3. The van der Waals surface area contributed by atoms with Crippen molar-refractivity contribution in [1.29, 1.82) is 0 Å². The highest BCUT2D eigenvalue weighted by Crippen LogP contribution is 2.29. The number of hydrogen-bond acceptors (Lipinski definition) is 4. The number of nitrogens with one attached hydrogen (secondary N) is 1.